The first-order valence-electron chi connectivity index (χ1n) is 12.8. The van der Waals surface area contributed by atoms with E-state index in [0.29, 0.717) is 23.4 Å². The van der Waals surface area contributed by atoms with Gasteiger partial charge < -0.3 is 20.1 Å². The molecular formula is C28H33N5O4. The third-order valence-electron chi connectivity index (χ3n) is 7.20. The Kier molecular flexibility index (Phi) is 7.39. The molecule has 0 spiro atoms. The summed E-state index contributed by atoms with van der Waals surface area (Å²) in [6.45, 7) is 2.14. The summed E-state index contributed by atoms with van der Waals surface area (Å²) in [7, 11) is 1.58. The van der Waals surface area contributed by atoms with Crippen molar-refractivity contribution >= 4 is 17.7 Å². The van der Waals surface area contributed by atoms with Gasteiger partial charge in [-0.15, -0.1) is 0 Å². The molecule has 2 atom stereocenters. The fraction of sp³-hybridized carbons (Fsp3) is 0.429. The minimum Gasteiger partial charge on any atom is -0.481 e. The fourth-order valence-corrected chi connectivity index (χ4v) is 4.99. The maximum atomic E-state index is 13.5. The van der Waals surface area contributed by atoms with Crippen LogP contribution in [0.4, 0.5) is 10.5 Å². The Morgan fingerprint density at radius 2 is 1.81 bits per heavy atom. The summed E-state index contributed by atoms with van der Waals surface area (Å²) in [6, 6.07) is 12.5. The van der Waals surface area contributed by atoms with Crippen molar-refractivity contribution in [2.75, 3.05) is 12.4 Å². The highest BCUT2D eigenvalue weighted by molar-refractivity contribution is 5.96. The fourth-order valence-electron chi connectivity index (χ4n) is 4.99. The lowest BCUT2D eigenvalue weighted by atomic mass is 9.89. The molecule has 9 nitrogen and oxygen atoms in total. The standard InChI is InChI=1S/C28H33N5O4/c1-18(23-9-6-14-29-27(23)36-2)33-16-22(15-30-33)31-26(34)25(24(20-10-11-20)21-12-13-21)32-28(35)37-17-19-7-4-3-5-8-19/h3-9,14-16,18,20-21,24-25H,10-13,17H2,1-2H3,(H,31,34)(H,32,35)/t18-,25?/m0/s1. The zero-order valence-electron chi connectivity index (χ0n) is 21.2. The van der Waals surface area contributed by atoms with Crippen molar-refractivity contribution in [3.05, 3.63) is 72.2 Å². The summed E-state index contributed by atoms with van der Waals surface area (Å²) in [5.74, 6) is 1.31. The van der Waals surface area contributed by atoms with Crippen molar-refractivity contribution in [3.63, 3.8) is 0 Å². The summed E-state index contributed by atoms with van der Waals surface area (Å²) < 4.78 is 12.6. The number of pyridine rings is 1. The summed E-state index contributed by atoms with van der Waals surface area (Å²) in [6.07, 6.45) is 8.86. The molecule has 37 heavy (non-hydrogen) atoms. The van der Waals surface area contributed by atoms with Crippen LogP contribution in [0.25, 0.3) is 0 Å². The van der Waals surface area contributed by atoms with E-state index in [1.165, 1.54) is 0 Å². The molecule has 0 aliphatic heterocycles. The molecule has 0 bridgehead atoms. The average Bonchev–Trinajstić information content (AvgIpc) is 3.87. The van der Waals surface area contributed by atoms with E-state index in [-0.39, 0.29) is 24.5 Å². The van der Waals surface area contributed by atoms with E-state index in [1.54, 1.807) is 30.4 Å². The number of hydrogen-bond acceptors (Lipinski definition) is 6. The molecule has 1 aromatic carbocycles. The molecule has 194 valence electrons. The van der Waals surface area contributed by atoms with E-state index in [1.807, 2.05) is 49.4 Å². The predicted octanol–water partition coefficient (Wildman–Crippen LogP) is 4.57. The lowest BCUT2D eigenvalue weighted by Gasteiger charge is -2.27. The molecule has 0 radical (unpaired) electrons. The van der Waals surface area contributed by atoms with Crippen LogP contribution >= 0.6 is 0 Å². The Balaban J connectivity index is 1.27. The molecule has 3 aromatic rings. The van der Waals surface area contributed by atoms with Gasteiger partial charge in [-0.3, -0.25) is 9.48 Å². The van der Waals surface area contributed by atoms with Crippen LogP contribution in [-0.2, 0) is 16.1 Å². The maximum absolute atomic E-state index is 13.5. The normalized spacial score (nSPS) is 16.6. The van der Waals surface area contributed by atoms with Gasteiger partial charge in [0, 0.05) is 18.0 Å². The Morgan fingerprint density at radius 1 is 1.08 bits per heavy atom. The first-order chi connectivity index (χ1) is 18.0. The SMILES string of the molecule is COc1ncccc1[C@H](C)n1cc(NC(=O)C(NC(=O)OCc2ccccc2)C(C2CC2)C2CC2)cn1. The maximum Gasteiger partial charge on any atom is 0.408 e. The molecule has 5 rings (SSSR count). The Hall–Kier alpha value is -3.88. The van der Waals surface area contributed by atoms with E-state index in [2.05, 4.69) is 20.7 Å². The molecule has 0 saturated heterocycles. The quantitative estimate of drug-likeness (QED) is 0.397. The lowest BCUT2D eigenvalue weighted by Crippen LogP contribution is -2.50. The molecule has 2 fully saturated rings. The predicted molar refractivity (Wildman–Crippen MR) is 138 cm³/mol. The minimum atomic E-state index is -0.664. The second kappa shape index (κ2) is 11.0. The van der Waals surface area contributed by atoms with Crippen LogP contribution in [0.3, 0.4) is 0 Å². The molecule has 1 unspecified atom stereocenters. The van der Waals surface area contributed by atoms with E-state index in [0.717, 1.165) is 36.8 Å². The molecule has 2 aliphatic rings. The van der Waals surface area contributed by atoms with Crippen LogP contribution in [-0.4, -0.2) is 39.9 Å². The van der Waals surface area contributed by atoms with Crippen molar-refractivity contribution in [3.8, 4) is 5.88 Å². The number of carbonyl (C=O) groups excluding carboxylic acids is 2. The number of rotatable bonds is 11. The molecule has 2 heterocycles. The Morgan fingerprint density at radius 3 is 2.49 bits per heavy atom. The molecule has 2 saturated carbocycles. The third-order valence-corrected chi connectivity index (χ3v) is 7.20. The molecule has 2 aromatic heterocycles. The van der Waals surface area contributed by atoms with Gasteiger partial charge in [-0.1, -0.05) is 30.3 Å². The first-order valence-corrected chi connectivity index (χ1v) is 12.8. The Bertz CT molecular complexity index is 1210. The molecule has 2 N–H and O–H groups in total. The number of nitrogens with zero attached hydrogens (tertiary/aromatic N) is 3. The van der Waals surface area contributed by atoms with Gasteiger partial charge in [0.15, 0.2) is 0 Å². The third kappa shape index (κ3) is 6.10. The zero-order valence-corrected chi connectivity index (χ0v) is 21.2. The molecule has 2 amide bonds. The summed E-state index contributed by atoms with van der Waals surface area (Å²) in [5, 5.41) is 10.3. The zero-order chi connectivity index (χ0) is 25.8. The van der Waals surface area contributed by atoms with Gasteiger partial charge in [0.25, 0.3) is 0 Å². The van der Waals surface area contributed by atoms with E-state index < -0.39 is 12.1 Å². The van der Waals surface area contributed by atoms with Crippen LogP contribution in [0.1, 0.15) is 49.8 Å². The topological polar surface area (TPSA) is 107 Å². The van der Waals surface area contributed by atoms with Gasteiger partial charge in [-0.2, -0.15) is 5.10 Å². The average molecular weight is 504 g/mol. The van der Waals surface area contributed by atoms with Crippen molar-refractivity contribution in [2.45, 2.75) is 51.3 Å². The number of nitrogens with one attached hydrogen (secondary N) is 2. The summed E-state index contributed by atoms with van der Waals surface area (Å²) in [4.78, 5) is 30.5. The van der Waals surface area contributed by atoms with Gasteiger partial charge in [-0.05, 0) is 68.1 Å². The highest BCUT2D eigenvalue weighted by atomic mass is 16.5. The van der Waals surface area contributed by atoms with Crippen LogP contribution in [0.5, 0.6) is 5.88 Å². The number of hydrogen-bond donors (Lipinski definition) is 2. The summed E-state index contributed by atoms with van der Waals surface area (Å²) >= 11 is 0. The number of aromatic nitrogens is 3. The van der Waals surface area contributed by atoms with E-state index in [9.17, 15) is 9.59 Å². The van der Waals surface area contributed by atoms with Crippen LogP contribution < -0.4 is 15.4 Å². The van der Waals surface area contributed by atoms with E-state index >= 15 is 0 Å². The number of ether oxygens (including phenoxy) is 2. The summed E-state index contributed by atoms with van der Waals surface area (Å²) in [5.41, 5.74) is 2.34. The number of amides is 2. The number of benzene rings is 1. The minimum absolute atomic E-state index is 0.109. The smallest absolute Gasteiger partial charge is 0.408 e. The van der Waals surface area contributed by atoms with Gasteiger partial charge in [0.1, 0.15) is 12.6 Å². The van der Waals surface area contributed by atoms with Crippen molar-refractivity contribution in [2.24, 2.45) is 17.8 Å². The van der Waals surface area contributed by atoms with Crippen LogP contribution in [0.15, 0.2) is 61.1 Å². The Labute approximate surface area is 216 Å². The number of alkyl carbamates (subject to hydrolysis) is 1. The molecule has 2 aliphatic carbocycles. The molecular weight excluding hydrogens is 470 g/mol. The number of methoxy groups -OCH3 is 1. The molecule has 9 heteroatoms. The van der Waals surface area contributed by atoms with Crippen LogP contribution in [0.2, 0.25) is 0 Å². The van der Waals surface area contributed by atoms with E-state index in [4.69, 9.17) is 9.47 Å². The largest absolute Gasteiger partial charge is 0.481 e. The van der Waals surface area contributed by atoms with Crippen molar-refractivity contribution in [1.29, 1.82) is 0 Å². The van der Waals surface area contributed by atoms with Crippen LogP contribution in [0, 0.1) is 17.8 Å². The monoisotopic (exact) mass is 503 g/mol. The number of anilines is 1. The van der Waals surface area contributed by atoms with Crippen molar-refractivity contribution in [1.82, 2.24) is 20.1 Å². The second-order valence-corrected chi connectivity index (χ2v) is 9.91. The first kappa shape index (κ1) is 24.8. The van der Waals surface area contributed by atoms with Gasteiger partial charge in [0.2, 0.25) is 11.8 Å². The van der Waals surface area contributed by atoms with Gasteiger partial charge in [-0.25, -0.2) is 9.78 Å². The van der Waals surface area contributed by atoms with Gasteiger partial charge >= 0.3 is 6.09 Å². The van der Waals surface area contributed by atoms with Crippen molar-refractivity contribution < 1.29 is 19.1 Å². The second-order valence-electron chi connectivity index (χ2n) is 9.91. The highest BCUT2D eigenvalue weighted by Gasteiger charge is 2.48. The van der Waals surface area contributed by atoms with Gasteiger partial charge in [0.05, 0.1) is 25.0 Å². The number of carbonyl (C=O) groups is 2. The lowest BCUT2D eigenvalue weighted by molar-refractivity contribution is -0.119. The highest BCUT2D eigenvalue weighted by Crippen LogP contribution is 2.50.